The van der Waals surface area contributed by atoms with Crippen LogP contribution in [0.15, 0.2) is 90.2 Å². The molecular formula is C35H36N2O3S. The molecule has 5 rings (SSSR count). The smallest absolute Gasteiger partial charge is 0.294 e. The minimum Gasteiger partial charge on any atom is -0.503 e. The number of rotatable bonds is 5. The summed E-state index contributed by atoms with van der Waals surface area (Å²) in [5.41, 5.74) is 5.08. The first-order valence-corrected chi connectivity index (χ1v) is 14.6. The Hall–Kier alpha value is -4.03. The van der Waals surface area contributed by atoms with Gasteiger partial charge in [0.2, 0.25) is 5.78 Å². The second kappa shape index (κ2) is 10.4. The van der Waals surface area contributed by atoms with Gasteiger partial charge in [-0.2, -0.15) is 0 Å². The van der Waals surface area contributed by atoms with E-state index in [1.807, 2.05) is 78.9 Å². The molecule has 6 heteroatoms. The van der Waals surface area contributed by atoms with Crippen LogP contribution in [-0.2, 0) is 15.6 Å². The molecule has 5 nitrogen and oxygen atoms in total. The predicted octanol–water partition coefficient (Wildman–Crippen LogP) is 8.50. The Morgan fingerprint density at radius 1 is 0.829 bits per heavy atom. The standard InChI is InChI=1S/C35H36N2O3S/c1-21-31(41-32(36-21)23-11-9-8-10-12-23)29(38)27-28(22-13-15-24(16-14-22)34(2,3)4)37(33(40)30(27)39)26-19-17-25(18-20-26)35(5,6)7/h8-20,28,39H,1-7H3. The summed E-state index contributed by atoms with van der Waals surface area (Å²) in [5.74, 6) is -1.49. The van der Waals surface area contributed by atoms with Crippen molar-refractivity contribution in [3.63, 3.8) is 0 Å². The minimum absolute atomic E-state index is 0.0581. The molecule has 4 aromatic rings. The van der Waals surface area contributed by atoms with Gasteiger partial charge in [0.05, 0.1) is 22.2 Å². The van der Waals surface area contributed by atoms with E-state index in [0.717, 1.165) is 27.3 Å². The van der Waals surface area contributed by atoms with Gasteiger partial charge in [0.15, 0.2) is 5.76 Å². The van der Waals surface area contributed by atoms with Gasteiger partial charge in [-0.05, 0) is 46.6 Å². The minimum atomic E-state index is -0.786. The maximum absolute atomic E-state index is 14.2. The lowest BCUT2D eigenvalue weighted by Gasteiger charge is -2.28. The molecule has 1 amide bonds. The molecule has 210 valence electrons. The topological polar surface area (TPSA) is 70.5 Å². The van der Waals surface area contributed by atoms with Gasteiger partial charge in [-0.1, -0.05) is 108 Å². The molecular weight excluding hydrogens is 528 g/mol. The van der Waals surface area contributed by atoms with Crippen molar-refractivity contribution in [3.8, 4) is 10.6 Å². The zero-order valence-corrected chi connectivity index (χ0v) is 25.5. The van der Waals surface area contributed by atoms with Crippen molar-refractivity contribution in [2.45, 2.75) is 65.3 Å². The molecule has 0 bridgehead atoms. The van der Waals surface area contributed by atoms with Crippen molar-refractivity contribution < 1.29 is 14.7 Å². The highest BCUT2D eigenvalue weighted by atomic mass is 32.1. The summed E-state index contributed by atoms with van der Waals surface area (Å²) in [6.45, 7) is 14.6. The first-order chi connectivity index (χ1) is 19.3. The number of thiazole rings is 1. The zero-order valence-electron chi connectivity index (χ0n) is 24.6. The number of ketones is 1. The molecule has 1 aliphatic heterocycles. The van der Waals surface area contributed by atoms with Crippen LogP contribution < -0.4 is 4.90 Å². The lowest BCUT2D eigenvalue weighted by atomic mass is 9.85. The SMILES string of the molecule is Cc1nc(-c2ccccc2)sc1C(=O)C1=C(O)C(=O)N(c2ccc(C(C)(C)C)cc2)C1c1ccc(C(C)(C)C)cc1. The number of benzene rings is 3. The second-order valence-electron chi connectivity index (χ2n) is 12.6. The third-order valence-corrected chi connectivity index (χ3v) is 8.79. The summed E-state index contributed by atoms with van der Waals surface area (Å²) >= 11 is 1.28. The van der Waals surface area contributed by atoms with Crippen molar-refractivity contribution >= 4 is 28.7 Å². The highest BCUT2D eigenvalue weighted by Gasteiger charge is 2.45. The van der Waals surface area contributed by atoms with Crippen LogP contribution in [0.1, 0.15) is 79.6 Å². The lowest BCUT2D eigenvalue weighted by molar-refractivity contribution is -0.117. The fourth-order valence-electron chi connectivity index (χ4n) is 5.14. The molecule has 1 N–H and O–H groups in total. The number of aromatic nitrogens is 1. The van der Waals surface area contributed by atoms with Crippen LogP contribution in [0.4, 0.5) is 5.69 Å². The number of Topliss-reactive ketones (excluding diaryl/α,β-unsaturated/α-hetero) is 1. The van der Waals surface area contributed by atoms with Crippen LogP contribution in [0.3, 0.4) is 0 Å². The first-order valence-electron chi connectivity index (χ1n) is 13.8. The van der Waals surface area contributed by atoms with Gasteiger partial charge in [-0.25, -0.2) is 4.98 Å². The van der Waals surface area contributed by atoms with Crippen LogP contribution in [0.5, 0.6) is 0 Å². The van der Waals surface area contributed by atoms with E-state index in [9.17, 15) is 14.7 Å². The Balaban J connectivity index is 1.62. The average molecular weight is 565 g/mol. The molecule has 1 aromatic heterocycles. The number of aliphatic hydroxyl groups excluding tert-OH is 1. The summed E-state index contributed by atoms with van der Waals surface area (Å²) in [6, 6.07) is 24.6. The van der Waals surface area contributed by atoms with E-state index in [1.165, 1.54) is 16.2 Å². The number of hydrogen-bond donors (Lipinski definition) is 1. The maximum atomic E-state index is 14.2. The first kappa shape index (κ1) is 28.5. The van der Waals surface area contributed by atoms with E-state index < -0.39 is 17.7 Å². The molecule has 3 aromatic carbocycles. The number of amides is 1. The van der Waals surface area contributed by atoms with Gasteiger partial charge < -0.3 is 5.11 Å². The van der Waals surface area contributed by atoms with Crippen LogP contribution in [0.25, 0.3) is 10.6 Å². The number of hydrogen-bond acceptors (Lipinski definition) is 5. The highest BCUT2D eigenvalue weighted by molar-refractivity contribution is 7.17. The van der Waals surface area contributed by atoms with Gasteiger partial charge in [0, 0.05) is 11.3 Å². The third kappa shape index (κ3) is 5.36. The Morgan fingerprint density at radius 2 is 1.37 bits per heavy atom. The molecule has 1 atom stereocenters. The van der Waals surface area contributed by atoms with Crippen molar-refractivity contribution in [2.75, 3.05) is 4.90 Å². The predicted molar refractivity (Wildman–Crippen MR) is 167 cm³/mol. The van der Waals surface area contributed by atoms with Crippen LogP contribution >= 0.6 is 11.3 Å². The van der Waals surface area contributed by atoms with Crippen molar-refractivity contribution in [1.29, 1.82) is 0 Å². The van der Waals surface area contributed by atoms with E-state index in [0.29, 0.717) is 16.3 Å². The quantitative estimate of drug-likeness (QED) is 0.247. The van der Waals surface area contributed by atoms with Crippen LogP contribution in [-0.4, -0.2) is 21.8 Å². The van der Waals surface area contributed by atoms with Gasteiger partial charge in [-0.15, -0.1) is 11.3 Å². The average Bonchev–Trinajstić information content (AvgIpc) is 3.45. The Kier molecular flexibility index (Phi) is 7.24. The van der Waals surface area contributed by atoms with Gasteiger partial charge >= 0.3 is 0 Å². The van der Waals surface area contributed by atoms with E-state index in [1.54, 1.807) is 6.92 Å². The zero-order chi connectivity index (χ0) is 29.7. The molecule has 0 radical (unpaired) electrons. The van der Waals surface area contributed by atoms with Gasteiger partial charge in [-0.3, -0.25) is 14.5 Å². The second-order valence-corrected chi connectivity index (χ2v) is 13.6. The number of anilines is 1. The molecule has 1 aliphatic rings. The number of nitrogens with zero attached hydrogens (tertiary/aromatic N) is 2. The van der Waals surface area contributed by atoms with Crippen molar-refractivity contribution in [1.82, 2.24) is 4.98 Å². The largest absolute Gasteiger partial charge is 0.503 e. The molecule has 0 aliphatic carbocycles. The summed E-state index contributed by atoms with van der Waals surface area (Å²) in [7, 11) is 0. The lowest BCUT2D eigenvalue weighted by Crippen LogP contribution is -2.31. The summed E-state index contributed by atoms with van der Waals surface area (Å²) < 4.78 is 0. The maximum Gasteiger partial charge on any atom is 0.294 e. The Morgan fingerprint density at radius 3 is 1.90 bits per heavy atom. The Bertz CT molecular complexity index is 1630. The van der Waals surface area contributed by atoms with Crippen molar-refractivity contribution in [2.24, 2.45) is 0 Å². The summed E-state index contributed by atoms with van der Waals surface area (Å²) in [5, 5.41) is 12.0. The molecule has 2 heterocycles. The van der Waals surface area contributed by atoms with E-state index >= 15 is 0 Å². The molecule has 1 unspecified atom stereocenters. The summed E-state index contributed by atoms with van der Waals surface area (Å²) in [6.07, 6.45) is 0. The van der Waals surface area contributed by atoms with Gasteiger partial charge in [0.25, 0.3) is 5.91 Å². The fourth-order valence-corrected chi connectivity index (χ4v) is 6.17. The number of aliphatic hydroxyl groups is 1. The normalized spacial score (nSPS) is 16.0. The molecule has 41 heavy (non-hydrogen) atoms. The van der Waals surface area contributed by atoms with E-state index in [4.69, 9.17) is 0 Å². The number of carbonyl (C=O) groups is 2. The third-order valence-electron chi connectivity index (χ3n) is 7.58. The molecule has 0 fully saturated rings. The monoisotopic (exact) mass is 564 g/mol. The van der Waals surface area contributed by atoms with Crippen LogP contribution in [0.2, 0.25) is 0 Å². The Labute approximate surface area is 246 Å². The number of aryl methyl sites for hydroxylation is 1. The molecule has 0 spiro atoms. The van der Waals surface area contributed by atoms with Gasteiger partial charge in [0.1, 0.15) is 5.01 Å². The highest BCUT2D eigenvalue weighted by Crippen LogP contribution is 2.44. The fraction of sp³-hybridized carbons (Fsp3) is 0.286. The van der Waals surface area contributed by atoms with Crippen LogP contribution in [0, 0.1) is 6.92 Å². The van der Waals surface area contributed by atoms with Crippen molar-refractivity contribution in [3.05, 3.63) is 117 Å². The van der Waals surface area contributed by atoms with E-state index in [-0.39, 0.29) is 22.2 Å². The summed E-state index contributed by atoms with van der Waals surface area (Å²) in [4.78, 5) is 34.5. The molecule has 0 saturated carbocycles. The van der Waals surface area contributed by atoms with E-state index in [2.05, 4.69) is 46.5 Å². The molecule has 0 saturated heterocycles. The number of carbonyl (C=O) groups excluding carboxylic acids is 2.